The van der Waals surface area contributed by atoms with Gasteiger partial charge in [0, 0.05) is 42.3 Å². The summed E-state index contributed by atoms with van der Waals surface area (Å²) in [4.78, 5) is 14.2. The molecule has 1 amide bonds. The summed E-state index contributed by atoms with van der Waals surface area (Å²) in [6.07, 6.45) is -8.66. The van der Waals surface area contributed by atoms with E-state index < -0.39 is 41.7 Å². The Morgan fingerprint density at radius 1 is 0.872 bits per heavy atom. The van der Waals surface area contributed by atoms with Gasteiger partial charge in [0.05, 0.1) is 11.1 Å². The van der Waals surface area contributed by atoms with Gasteiger partial charge in [0.15, 0.2) is 0 Å². The van der Waals surface area contributed by atoms with Crippen LogP contribution in [0.2, 0.25) is 0 Å². The Kier molecular flexibility index (Phi) is 7.68. The van der Waals surface area contributed by atoms with Crippen LogP contribution >= 0.6 is 0 Å². The van der Waals surface area contributed by atoms with E-state index in [4.69, 9.17) is 4.74 Å². The Morgan fingerprint density at radius 2 is 1.54 bits per heavy atom. The van der Waals surface area contributed by atoms with Gasteiger partial charge in [-0.1, -0.05) is 29.8 Å². The molecule has 0 bridgehead atoms. The van der Waals surface area contributed by atoms with Crippen molar-refractivity contribution in [2.75, 3.05) is 13.1 Å². The van der Waals surface area contributed by atoms with Gasteiger partial charge in [-0.2, -0.15) is 26.3 Å². The van der Waals surface area contributed by atoms with E-state index in [0.29, 0.717) is 53.3 Å². The fourth-order valence-electron chi connectivity index (χ4n) is 4.49. The highest BCUT2D eigenvalue weighted by molar-refractivity contribution is 5.99. The molecule has 4 aromatic rings. The number of carbonyl (C=O) groups is 1. The van der Waals surface area contributed by atoms with E-state index in [0.717, 1.165) is 5.56 Å². The third kappa shape index (κ3) is 5.89. The molecule has 0 saturated carbocycles. The molecule has 4 rings (SSSR count). The van der Waals surface area contributed by atoms with Crippen molar-refractivity contribution in [3.8, 4) is 16.9 Å². The summed E-state index contributed by atoms with van der Waals surface area (Å²) in [5, 5.41) is 0.573. The van der Waals surface area contributed by atoms with E-state index in [1.807, 2.05) is 45.0 Å². The zero-order valence-electron chi connectivity index (χ0n) is 21.5. The molecule has 0 aliphatic rings. The van der Waals surface area contributed by atoms with Gasteiger partial charge in [-0.25, -0.2) is 4.79 Å². The van der Waals surface area contributed by atoms with Gasteiger partial charge >= 0.3 is 18.4 Å². The summed E-state index contributed by atoms with van der Waals surface area (Å²) in [6.45, 7) is 5.97. The lowest BCUT2D eigenvalue weighted by Gasteiger charge is -2.20. The van der Waals surface area contributed by atoms with E-state index in [1.165, 1.54) is 15.7 Å². The number of rotatable bonds is 6. The molecule has 0 unspecified atom stereocenters. The van der Waals surface area contributed by atoms with Crippen molar-refractivity contribution in [1.82, 2.24) is 9.47 Å². The van der Waals surface area contributed by atoms with Gasteiger partial charge in [0.25, 0.3) is 0 Å². The van der Waals surface area contributed by atoms with Crippen LogP contribution in [0.25, 0.3) is 22.0 Å². The maximum absolute atomic E-state index is 13.7. The first-order chi connectivity index (χ1) is 18.3. The predicted molar refractivity (Wildman–Crippen MR) is 137 cm³/mol. The normalized spacial score (nSPS) is 12.1. The molecule has 206 valence electrons. The molecular formula is C29H26F6N2O2. The molecule has 39 heavy (non-hydrogen) atoms. The molecule has 1 aromatic heterocycles. The van der Waals surface area contributed by atoms with Gasteiger partial charge in [0.2, 0.25) is 0 Å². The molecule has 0 aliphatic heterocycles. The first-order valence-corrected chi connectivity index (χ1v) is 12.3. The second-order valence-corrected chi connectivity index (χ2v) is 9.09. The Bertz CT molecular complexity index is 1480. The summed E-state index contributed by atoms with van der Waals surface area (Å²) in [6, 6.07) is 13.6. The van der Waals surface area contributed by atoms with E-state index in [1.54, 1.807) is 18.2 Å². The molecule has 1 heterocycles. The van der Waals surface area contributed by atoms with E-state index in [9.17, 15) is 31.1 Å². The number of carbonyl (C=O) groups excluding carboxylic acids is 1. The number of halogens is 6. The molecule has 10 heteroatoms. The zero-order chi connectivity index (χ0) is 28.5. The number of benzene rings is 3. The van der Waals surface area contributed by atoms with Crippen LogP contribution in [0.5, 0.6) is 5.75 Å². The van der Waals surface area contributed by atoms with Gasteiger partial charge in [-0.3, -0.25) is 0 Å². The van der Waals surface area contributed by atoms with E-state index in [-0.39, 0.29) is 5.75 Å². The number of aryl methyl sites for hydroxylation is 1. The fourth-order valence-corrected chi connectivity index (χ4v) is 4.49. The van der Waals surface area contributed by atoms with Crippen LogP contribution in [-0.2, 0) is 18.9 Å². The third-order valence-electron chi connectivity index (χ3n) is 6.55. The molecule has 3 aromatic carbocycles. The lowest BCUT2D eigenvalue weighted by molar-refractivity contribution is -0.141. The number of hydrogen-bond donors (Lipinski definition) is 0. The standard InChI is InChI=1S/C29H26F6N2O2/c1-4-36(5-2)27(38)39-25-13-12-24-22(26(25)19-8-6-18(3)7-9-19)14-15-37(24)17-20-16-21(28(30,31)32)10-11-23(20)29(33,34)35/h6-16H,4-5,17H2,1-3H3. The number of hydrogen-bond acceptors (Lipinski definition) is 2. The van der Waals surface area contributed by atoms with Crippen molar-refractivity contribution in [1.29, 1.82) is 0 Å². The molecule has 0 atom stereocenters. The minimum absolute atomic E-state index is 0.260. The van der Waals surface area contributed by atoms with Crippen molar-refractivity contribution in [3.05, 3.63) is 89.1 Å². The number of alkyl halides is 6. The Morgan fingerprint density at radius 3 is 2.13 bits per heavy atom. The quantitative estimate of drug-likeness (QED) is 0.226. The number of ether oxygens (including phenoxy) is 1. The number of fused-ring (bicyclic) bond motifs is 1. The number of nitrogens with zero attached hydrogens (tertiary/aromatic N) is 2. The number of amides is 1. The second kappa shape index (κ2) is 10.7. The summed E-state index contributed by atoms with van der Waals surface area (Å²) < 4.78 is 88.2. The van der Waals surface area contributed by atoms with Crippen molar-refractivity contribution in [2.24, 2.45) is 0 Å². The van der Waals surface area contributed by atoms with Crippen LogP contribution in [-0.4, -0.2) is 28.6 Å². The topological polar surface area (TPSA) is 34.5 Å². The monoisotopic (exact) mass is 548 g/mol. The first kappa shape index (κ1) is 28.1. The summed E-state index contributed by atoms with van der Waals surface area (Å²) >= 11 is 0. The van der Waals surface area contributed by atoms with Gasteiger partial charge in [-0.15, -0.1) is 0 Å². The maximum atomic E-state index is 13.7. The minimum Gasteiger partial charge on any atom is -0.410 e. The summed E-state index contributed by atoms with van der Waals surface area (Å²) in [5.41, 5.74) is -0.0844. The molecule has 0 aliphatic carbocycles. The van der Waals surface area contributed by atoms with Crippen LogP contribution in [0.15, 0.2) is 66.9 Å². The van der Waals surface area contributed by atoms with Crippen molar-refractivity contribution < 1.29 is 35.9 Å². The molecule has 4 nitrogen and oxygen atoms in total. The highest BCUT2D eigenvalue weighted by atomic mass is 19.4. The molecular weight excluding hydrogens is 522 g/mol. The highest BCUT2D eigenvalue weighted by Gasteiger charge is 2.37. The largest absolute Gasteiger partial charge is 0.416 e. The van der Waals surface area contributed by atoms with Crippen LogP contribution in [0.1, 0.15) is 36.1 Å². The predicted octanol–water partition coefficient (Wildman–Crippen LogP) is 8.54. The smallest absolute Gasteiger partial charge is 0.410 e. The third-order valence-corrected chi connectivity index (χ3v) is 6.55. The lowest BCUT2D eigenvalue weighted by Crippen LogP contribution is -2.33. The lowest BCUT2D eigenvalue weighted by atomic mass is 9.99. The van der Waals surface area contributed by atoms with Crippen LogP contribution in [0.4, 0.5) is 31.1 Å². The second-order valence-electron chi connectivity index (χ2n) is 9.09. The SMILES string of the molecule is CCN(CC)C(=O)Oc1ccc2c(ccn2Cc2cc(C(F)(F)F)ccc2C(F)(F)F)c1-c1ccc(C)cc1. The molecule has 0 fully saturated rings. The zero-order valence-corrected chi connectivity index (χ0v) is 21.5. The van der Waals surface area contributed by atoms with Crippen LogP contribution in [0, 0.1) is 6.92 Å². The van der Waals surface area contributed by atoms with Crippen molar-refractivity contribution >= 4 is 17.0 Å². The van der Waals surface area contributed by atoms with Gasteiger partial charge in [0.1, 0.15) is 5.75 Å². The molecule has 0 radical (unpaired) electrons. The van der Waals surface area contributed by atoms with Gasteiger partial charge < -0.3 is 14.2 Å². The highest BCUT2D eigenvalue weighted by Crippen LogP contribution is 2.40. The Labute approximate surface area is 221 Å². The Balaban J connectivity index is 1.85. The van der Waals surface area contributed by atoms with Gasteiger partial charge in [-0.05, 0) is 68.3 Å². The molecule has 0 spiro atoms. The Hall–Kier alpha value is -3.95. The summed E-state index contributed by atoms with van der Waals surface area (Å²) in [7, 11) is 0. The average Bonchev–Trinajstić information content (AvgIpc) is 3.26. The van der Waals surface area contributed by atoms with Crippen LogP contribution < -0.4 is 4.74 Å². The molecule has 0 N–H and O–H groups in total. The summed E-state index contributed by atoms with van der Waals surface area (Å²) in [5.74, 6) is 0.260. The van der Waals surface area contributed by atoms with Crippen LogP contribution in [0.3, 0.4) is 0 Å². The number of aromatic nitrogens is 1. The average molecular weight is 549 g/mol. The van der Waals surface area contributed by atoms with Crippen molar-refractivity contribution in [3.63, 3.8) is 0 Å². The van der Waals surface area contributed by atoms with E-state index >= 15 is 0 Å². The minimum atomic E-state index is -4.83. The molecule has 0 saturated heterocycles. The van der Waals surface area contributed by atoms with Crippen molar-refractivity contribution in [2.45, 2.75) is 39.7 Å². The maximum Gasteiger partial charge on any atom is 0.416 e. The van der Waals surface area contributed by atoms with E-state index in [2.05, 4.69) is 0 Å². The fraction of sp³-hybridized carbons (Fsp3) is 0.276. The first-order valence-electron chi connectivity index (χ1n) is 12.3.